The molecule has 0 unspecified atom stereocenters. The molecule has 5 heterocycles. The summed E-state index contributed by atoms with van der Waals surface area (Å²) >= 11 is 0. The first-order chi connectivity index (χ1) is 14.1. The van der Waals surface area contributed by atoms with Crippen LogP contribution in [0.1, 0.15) is 49.4 Å². The van der Waals surface area contributed by atoms with Crippen LogP contribution in [0.4, 0.5) is 8.78 Å². The van der Waals surface area contributed by atoms with E-state index < -0.39 is 12.0 Å². The summed E-state index contributed by atoms with van der Waals surface area (Å²) in [5, 5.41) is 5.06. The Balaban J connectivity index is 0.00000218. The van der Waals surface area contributed by atoms with Gasteiger partial charge in [-0.1, -0.05) is 12.8 Å². The maximum Gasteiger partial charge on any atom is 0.317 e. The SMILES string of the molecule is Cc1ncc2c(C3CC[N-]CC3)nc(OC[C@@]34CCCN3C[C@H](F)C4)nc2c1F.[Cd]. The number of rotatable bonds is 4. The van der Waals surface area contributed by atoms with E-state index in [0.29, 0.717) is 30.7 Å². The smallest absolute Gasteiger partial charge is 0.317 e. The van der Waals surface area contributed by atoms with Crippen molar-refractivity contribution in [1.29, 1.82) is 0 Å². The Hall–Kier alpha value is -1.01. The number of fused-ring (bicyclic) bond motifs is 2. The predicted octanol–water partition coefficient (Wildman–Crippen LogP) is 3.68. The maximum atomic E-state index is 14.8. The van der Waals surface area contributed by atoms with E-state index in [2.05, 4.69) is 20.2 Å². The molecule has 0 radical (unpaired) electrons. The standard InChI is InChI=1S/C21H26F2N5O.Cd/c1-13-17(23)19-16(10-25-13)18(14-3-6-24-7-4-14)26-20(27-19)29-12-21-5-2-8-28(21)11-15(22)9-21;/h10,14-15H,2-9,11-12H2,1H3;/q-1;/t15-,21+;/m1./s1. The van der Waals surface area contributed by atoms with E-state index in [1.54, 1.807) is 13.1 Å². The van der Waals surface area contributed by atoms with Crippen LogP contribution < -0.4 is 4.74 Å². The predicted molar refractivity (Wildman–Crippen MR) is 106 cm³/mol. The summed E-state index contributed by atoms with van der Waals surface area (Å²) in [6, 6.07) is 0.183. The molecule has 0 saturated carbocycles. The molecule has 0 bridgehead atoms. The number of aryl methyl sites for hydroxylation is 1. The fourth-order valence-corrected chi connectivity index (χ4v) is 5.20. The van der Waals surface area contributed by atoms with Crippen LogP contribution in [-0.2, 0) is 27.3 Å². The van der Waals surface area contributed by atoms with E-state index in [1.807, 2.05) is 0 Å². The van der Waals surface area contributed by atoms with Crippen molar-refractivity contribution in [2.75, 3.05) is 32.8 Å². The molecule has 2 aromatic heterocycles. The van der Waals surface area contributed by atoms with Crippen molar-refractivity contribution in [2.45, 2.75) is 56.7 Å². The van der Waals surface area contributed by atoms with Crippen LogP contribution in [0, 0.1) is 12.7 Å². The zero-order valence-electron chi connectivity index (χ0n) is 17.4. The number of pyridine rings is 1. The van der Waals surface area contributed by atoms with Crippen molar-refractivity contribution in [1.82, 2.24) is 19.9 Å². The summed E-state index contributed by atoms with van der Waals surface area (Å²) in [5.41, 5.74) is 1.08. The van der Waals surface area contributed by atoms with Crippen LogP contribution in [0.25, 0.3) is 16.2 Å². The monoisotopic (exact) mass is 516 g/mol. The van der Waals surface area contributed by atoms with Gasteiger partial charge in [-0.05, 0) is 32.2 Å². The topological polar surface area (TPSA) is 65.2 Å². The molecule has 6 nitrogen and oxygen atoms in total. The van der Waals surface area contributed by atoms with E-state index in [4.69, 9.17) is 9.72 Å². The first kappa shape index (κ1) is 22.2. The van der Waals surface area contributed by atoms with Gasteiger partial charge in [-0.2, -0.15) is 9.97 Å². The Labute approximate surface area is 195 Å². The Morgan fingerprint density at radius 2 is 2.10 bits per heavy atom. The second-order valence-corrected chi connectivity index (χ2v) is 8.62. The van der Waals surface area contributed by atoms with Gasteiger partial charge in [0.25, 0.3) is 0 Å². The molecule has 9 heteroatoms. The number of aromatic nitrogens is 3. The van der Waals surface area contributed by atoms with Crippen molar-refractivity contribution in [2.24, 2.45) is 0 Å². The van der Waals surface area contributed by atoms with Crippen LogP contribution >= 0.6 is 0 Å². The molecule has 3 saturated heterocycles. The summed E-state index contributed by atoms with van der Waals surface area (Å²) in [6.45, 7) is 4.90. The molecule has 0 aromatic carbocycles. The largest absolute Gasteiger partial charge is 0.662 e. The van der Waals surface area contributed by atoms with Gasteiger partial charge in [-0.25, -0.2) is 8.78 Å². The third kappa shape index (κ3) is 3.94. The van der Waals surface area contributed by atoms with Crippen LogP contribution in [0.15, 0.2) is 6.20 Å². The number of alkyl halides is 1. The minimum atomic E-state index is -0.816. The van der Waals surface area contributed by atoms with Gasteiger partial charge in [0, 0.05) is 51.8 Å². The zero-order valence-corrected chi connectivity index (χ0v) is 21.4. The van der Waals surface area contributed by atoms with E-state index in [1.165, 1.54) is 0 Å². The first-order valence-corrected chi connectivity index (χ1v) is 10.5. The van der Waals surface area contributed by atoms with Gasteiger partial charge in [-0.3, -0.25) is 9.88 Å². The zero-order chi connectivity index (χ0) is 20.0. The average Bonchev–Trinajstić information content (AvgIpc) is 3.25. The third-order valence-electron chi connectivity index (χ3n) is 6.76. The van der Waals surface area contributed by atoms with Crippen molar-refractivity contribution >= 4 is 10.9 Å². The molecule has 158 valence electrons. The molecule has 0 N–H and O–H groups in total. The van der Waals surface area contributed by atoms with E-state index in [9.17, 15) is 8.78 Å². The molecule has 0 amide bonds. The van der Waals surface area contributed by atoms with E-state index in [-0.39, 0.29) is 50.3 Å². The molecular formula is C21H26CdF2N5O-. The molecule has 2 atom stereocenters. The third-order valence-corrected chi connectivity index (χ3v) is 6.76. The van der Waals surface area contributed by atoms with Crippen LogP contribution in [0.3, 0.4) is 0 Å². The van der Waals surface area contributed by atoms with Gasteiger partial charge >= 0.3 is 6.01 Å². The number of hydrogen-bond acceptors (Lipinski definition) is 5. The van der Waals surface area contributed by atoms with Gasteiger partial charge in [-0.15, -0.1) is 13.1 Å². The van der Waals surface area contributed by atoms with Gasteiger partial charge in [0.15, 0.2) is 5.82 Å². The van der Waals surface area contributed by atoms with Gasteiger partial charge in [0.05, 0.1) is 16.9 Å². The second kappa shape index (κ2) is 8.85. The van der Waals surface area contributed by atoms with Crippen molar-refractivity contribution < 1.29 is 40.8 Å². The van der Waals surface area contributed by atoms with E-state index in [0.717, 1.165) is 51.0 Å². The summed E-state index contributed by atoms with van der Waals surface area (Å²) in [5.74, 6) is -0.242. The molecule has 30 heavy (non-hydrogen) atoms. The molecule has 3 aliphatic heterocycles. The Bertz CT molecular complexity index is 926. The van der Waals surface area contributed by atoms with Crippen molar-refractivity contribution in [3.8, 4) is 6.01 Å². The summed E-state index contributed by atoms with van der Waals surface area (Å²) in [4.78, 5) is 15.5. The quantitative estimate of drug-likeness (QED) is 0.583. The number of nitrogens with zero attached hydrogens (tertiary/aromatic N) is 5. The van der Waals surface area contributed by atoms with Gasteiger partial charge in [0.1, 0.15) is 18.3 Å². The Kier molecular flexibility index (Phi) is 6.55. The first-order valence-electron chi connectivity index (χ1n) is 10.5. The molecule has 5 rings (SSSR count). The Morgan fingerprint density at radius 1 is 1.30 bits per heavy atom. The number of hydrogen-bond donors (Lipinski definition) is 0. The number of halogens is 2. The number of piperidine rings is 1. The molecular weight excluding hydrogens is 489 g/mol. The maximum absolute atomic E-state index is 14.8. The van der Waals surface area contributed by atoms with Crippen LogP contribution in [-0.4, -0.2) is 64.3 Å². The normalized spacial score (nSPS) is 27.2. The van der Waals surface area contributed by atoms with E-state index >= 15 is 0 Å². The fraction of sp³-hybridized carbons (Fsp3) is 0.667. The second-order valence-electron chi connectivity index (χ2n) is 8.62. The van der Waals surface area contributed by atoms with Gasteiger partial charge < -0.3 is 10.1 Å². The molecule has 0 aliphatic carbocycles. The number of ether oxygens (including phenoxy) is 1. The minimum absolute atomic E-state index is 0. The molecule has 0 spiro atoms. The Morgan fingerprint density at radius 3 is 2.90 bits per heavy atom. The van der Waals surface area contributed by atoms with Crippen LogP contribution in [0.2, 0.25) is 0 Å². The molecule has 3 fully saturated rings. The van der Waals surface area contributed by atoms with Crippen molar-refractivity contribution in [3.05, 3.63) is 28.7 Å². The summed E-state index contributed by atoms with van der Waals surface area (Å²) in [7, 11) is 0. The summed E-state index contributed by atoms with van der Waals surface area (Å²) in [6.07, 6.45) is 5.05. The fourth-order valence-electron chi connectivity index (χ4n) is 5.20. The summed E-state index contributed by atoms with van der Waals surface area (Å²) < 4.78 is 34.9. The molecule has 2 aromatic rings. The van der Waals surface area contributed by atoms with Crippen molar-refractivity contribution in [3.63, 3.8) is 0 Å². The molecule has 3 aliphatic rings. The van der Waals surface area contributed by atoms with Crippen LogP contribution in [0.5, 0.6) is 6.01 Å². The minimum Gasteiger partial charge on any atom is -0.662 e. The average molecular weight is 515 g/mol. The van der Waals surface area contributed by atoms with Gasteiger partial charge in [0.2, 0.25) is 0 Å².